The summed E-state index contributed by atoms with van der Waals surface area (Å²) in [6, 6.07) is 8.99. The molecule has 4 saturated heterocycles. The van der Waals surface area contributed by atoms with Gasteiger partial charge in [-0.05, 0) is 69.5 Å². The number of nitrogens with one attached hydrogen (secondary N) is 2. The third-order valence-electron chi connectivity index (χ3n) is 11.7. The van der Waals surface area contributed by atoms with Gasteiger partial charge in [-0.15, -0.1) is 0 Å². The molecule has 13 nitrogen and oxygen atoms in total. The van der Waals surface area contributed by atoms with Gasteiger partial charge in [0.1, 0.15) is 23.0 Å². The monoisotopic (exact) mass is 808 g/mol. The van der Waals surface area contributed by atoms with Crippen LogP contribution in [0.4, 0.5) is 33.3 Å². The number of benzene rings is 2. The standard InChI is InChI=1S/C40H41F5N8O5/c1-39(2,58)27-15-31-21(12-32(27)47-37(56)30-4-3-5-33(46-30)40(43,44)45)18-53(49-31)23-8-10-50(11-9-23)25-19-52(20-25)38(57)22-16-51(17-22)24-13-28(41)35(29(42)14-24)26-6-7-34(54)48-36(26)55/h3-5,12-15,18,22-23,25-26,58H,6-11,16-17,19-20H2,1-2H3,(H,47,56)(H,48,54,55)/t26-/m1/s1. The van der Waals surface area contributed by atoms with E-state index in [1.807, 2.05) is 15.8 Å². The summed E-state index contributed by atoms with van der Waals surface area (Å²) >= 11 is 0. The van der Waals surface area contributed by atoms with Gasteiger partial charge in [0.15, 0.2) is 0 Å². The van der Waals surface area contributed by atoms with E-state index in [-0.39, 0.29) is 48.0 Å². The predicted octanol–water partition coefficient (Wildman–Crippen LogP) is 4.71. The quantitative estimate of drug-likeness (QED) is 0.170. The minimum Gasteiger partial charge on any atom is -0.386 e. The highest BCUT2D eigenvalue weighted by molar-refractivity contribution is 6.04. The number of piperidine rings is 2. The summed E-state index contributed by atoms with van der Waals surface area (Å²) in [5.74, 6) is -5.14. The largest absolute Gasteiger partial charge is 0.433 e. The van der Waals surface area contributed by atoms with E-state index < -0.39 is 58.4 Å². The van der Waals surface area contributed by atoms with E-state index in [0.29, 0.717) is 48.3 Å². The lowest BCUT2D eigenvalue weighted by atomic mass is 9.89. The lowest BCUT2D eigenvalue weighted by Crippen LogP contribution is -2.65. The van der Waals surface area contributed by atoms with Crippen molar-refractivity contribution in [2.75, 3.05) is 49.5 Å². The summed E-state index contributed by atoms with van der Waals surface area (Å²) in [4.78, 5) is 59.3. The number of aliphatic hydroxyl groups is 1. The molecule has 6 heterocycles. The van der Waals surface area contributed by atoms with Crippen LogP contribution in [-0.4, -0.2) is 98.6 Å². The number of carbonyl (C=O) groups excluding carboxylic acids is 4. The third kappa shape index (κ3) is 7.62. The normalized spacial score (nSPS) is 20.2. The van der Waals surface area contributed by atoms with Crippen molar-refractivity contribution >= 4 is 45.9 Å². The van der Waals surface area contributed by atoms with Crippen LogP contribution in [0.2, 0.25) is 0 Å². The predicted molar refractivity (Wildman–Crippen MR) is 200 cm³/mol. The fraction of sp³-hybridized carbons (Fsp3) is 0.450. The molecule has 0 aliphatic carbocycles. The molecule has 2 aromatic carbocycles. The first-order valence-corrected chi connectivity index (χ1v) is 19.1. The Morgan fingerprint density at radius 1 is 0.931 bits per heavy atom. The van der Waals surface area contributed by atoms with Crippen molar-refractivity contribution in [3.63, 3.8) is 0 Å². The number of aromatic nitrogens is 3. The van der Waals surface area contributed by atoms with Crippen LogP contribution >= 0.6 is 0 Å². The van der Waals surface area contributed by atoms with Crippen LogP contribution in [-0.2, 0) is 26.2 Å². The topological polar surface area (TPSA) is 153 Å². The van der Waals surface area contributed by atoms with E-state index in [9.17, 15) is 37.5 Å². The van der Waals surface area contributed by atoms with E-state index in [2.05, 4.69) is 20.5 Å². The second-order valence-electron chi connectivity index (χ2n) is 16.1. The molecule has 3 N–H and O–H groups in total. The van der Waals surface area contributed by atoms with Crippen molar-refractivity contribution in [1.29, 1.82) is 0 Å². The van der Waals surface area contributed by atoms with Crippen LogP contribution in [0, 0.1) is 17.6 Å². The van der Waals surface area contributed by atoms with Gasteiger partial charge in [0.2, 0.25) is 17.7 Å². The molecule has 4 aliphatic heterocycles. The van der Waals surface area contributed by atoms with Gasteiger partial charge in [0, 0.05) is 85.8 Å². The van der Waals surface area contributed by atoms with Crippen LogP contribution in [0.5, 0.6) is 0 Å². The molecule has 306 valence electrons. The van der Waals surface area contributed by atoms with Crippen LogP contribution in [0.3, 0.4) is 0 Å². The number of alkyl halides is 3. The van der Waals surface area contributed by atoms with Crippen LogP contribution in [0.25, 0.3) is 10.9 Å². The Kier molecular flexibility index (Phi) is 9.98. The van der Waals surface area contributed by atoms with Gasteiger partial charge >= 0.3 is 6.18 Å². The minimum atomic E-state index is -4.72. The van der Waals surface area contributed by atoms with Crippen LogP contribution in [0.15, 0.2) is 48.7 Å². The smallest absolute Gasteiger partial charge is 0.386 e. The highest BCUT2D eigenvalue weighted by Gasteiger charge is 2.43. The van der Waals surface area contributed by atoms with Crippen molar-refractivity contribution in [1.82, 2.24) is 29.9 Å². The summed E-state index contributed by atoms with van der Waals surface area (Å²) in [7, 11) is 0. The van der Waals surface area contributed by atoms with Crippen LogP contribution < -0.4 is 15.5 Å². The summed E-state index contributed by atoms with van der Waals surface area (Å²) in [5.41, 5.74) is -1.95. The zero-order valence-corrected chi connectivity index (χ0v) is 31.7. The Morgan fingerprint density at radius 2 is 1.62 bits per heavy atom. The van der Waals surface area contributed by atoms with E-state index in [4.69, 9.17) is 5.10 Å². The Balaban J connectivity index is 0.841. The van der Waals surface area contributed by atoms with Gasteiger partial charge in [0.05, 0.1) is 29.0 Å². The Morgan fingerprint density at radius 3 is 2.26 bits per heavy atom. The second-order valence-corrected chi connectivity index (χ2v) is 16.1. The first kappa shape index (κ1) is 39.3. The molecule has 58 heavy (non-hydrogen) atoms. The summed E-state index contributed by atoms with van der Waals surface area (Å²) in [6.07, 6.45) is -1.26. The van der Waals surface area contributed by atoms with E-state index in [1.54, 1.807) is 17.0 Å². The number of amides is 4. The molecule has 0 saturated carbocycles. The number of hydrogen-bond acceptors (Lipinski definition) is 9. The molecule has 18 heteroatoms. The van der Waals surface area contributed by atoms with Gasteiger partial charge in [-0.2, -0.15) is 18.3 Å². The number of halogens is 5. The minimum absolute atomic E-state index is 0.00111. The lowest BCUT2D eigenvalue weighted by molar-refractivity contribution is -0.144. The number of carbonyl (C=O) groups is 4. The first-order chi connectivity index (χ1) is 27.4. The average Bonchev–Trinajstić information content (AvgIpc) is 3.53. The Hall–Kier alpha value is -5.49. The molecule has 1 atom stereocenters. The fourth-order valence-corrected chi connectivity index (χ4v) is 8.33. The molecule has 0 unspecified atom stereocenters. The summed E-state index contributed by atoms with van der Waals surface area (Å²) in [6.45, 7) is 6.42. The molecular formula is C40H41F5N8O5. The van der Waals surface area contributed by atoms with Gasteiger partial charge in [-0.3, -0.25) is 34.1 Å². The first-order valence-electron chi connectivity index (χ1n) is 19.1. The van der Waals surface area contributed by atoms with Crippen molar-refractivity contribution in [2.24, 2.45) is 5.92 Å². The number of imide groups is 1. The van der Waals surface area contributed by atoms with Crippen molar-refractivity contribution < 1.29 is 46.2 Å². The van der Waals surface area contributed by atoms with Gasteiger partial charge in [-0.1, -0.05) is 6.07 Å². The molecule has 4 aromatic rings. The highest BCUT2D eigenvalue weighted by Crippen LogP contribution is 2.37. The molecule has 4 fully saturated rings. The Labute approximate surface area is 329 Å². The number of pyridine rings is 1. The molecule has 4 amide bonds. The maximum Gasteiger partial charge on any atom is 0.433 e. The average molecular weight is 809 g/mol. The number of rotatable bonds is 8. The number of anilines is 2. The summed E-state index contributed by atoms with van der Waals surface area (Å²) in [5, 5.41) is 21.2. The lowest BCUT2D eigenvalue weighted by Gasteiger charge is -2.50. The van der Waals surface area contributed by atoms with Gasteiger partial charge in [-0.25, -0.2) is 13.8 Å². The number of likely N-dealkylation sites (tertiary alicyclic amines) is 2. The maximum atomic E-state index is 15.1. The Bertz CT molecular complexity index is 2280. The number of nitrogens with zero attached hydrogens (tertiary/aromatic N) is 6. The molecule has 4 aliphatic rings. The SMILES string of the molecule is CC(C)(O)c1cc2nn(C3CCN(C4CN(C(=O)C5CN(c6cc(F)c([C@H]7CCC(=O)NC7=O)c(F)c6)C5)C4)CC3)cc2cc1NC(=O)c1cccc(C(F)(F)F)n1. The van der Waals surface area contributed by atoms with Crippen LogP contribution in [0.1, 0.15) is 78.8 Å². The zero-order chi connectivity index (χ0) is 41.3. The second kappa shape index (κ2) is 14.7. The van der Waals surface area contributed by atoms with Gasteiger partial charge in [0.25, 0.3) is 5.91 Å². The highest BCUT2D eigenvalue weighted by atomic mass is 19.4. The molecule has 0 radical (unpaired) electrons. The fourth-order valence-electron chi connectivity index (χ4n) is 8.33. The summed E-state index contributed by atoms with van der Waals surface area (Å²) < 4.78 is 71.6. The molecule has 8 rings (SSSR count). The van der Waals surface area contributed by atoms with Crippen molar-refractivity contribution in [3.05, 3.63) is 82.8 Å². The zero-order valence-electron chi connectivity index (χ0n) is 31.7. The van der Waals surface area contributed by atoms with E-state index >= 15 is 8.78 Å². The third-order valence-corrected chi connectivity index (χ3v) is 11.7. The maximum absolute atomic E-state index is 15.1. The van der Waals surface area contributed by atoms with Crippen molar-refractivity contribution in [3.8, 4) is 0 Å². The molecule has 0 spiro atoms. The molecule has 0 bridgehead atoms. The van der Waals surface area contributed by atoms with E-state index in [0.717, 1.165) is 38.1 Å². The molecule has 2 aromatic heterocycles. The van der Waals surface area contributed by atoms with Gasteiger partial charge < -0.3 is 20.2 Å². The number of hydrogen-bond donors (Lipinski definition) is 3. The molecular weight excluding hydrogens is 767 g/mol. The van der Waals surface area contributed by atoms with Crippen molar-refractivity contribution in [2.45, 2.75) is 69.3 Å². The van der Waals surface area contributed by atoms with E-state index in [1.165, 1.54) is 32.0 Å². The number of fused-ring (bicyclic) bond motifs is 1.